The van der Waals surface area contributed by atoms with E-state index in [1.807, 2.05) is 4.90 Å². The van der Waals surface area contributed by atoms with E-state index >= 15 is 0 Å². The fourth-order valence-electron chi connectivity index (χ4n) is 3.35. The van der Waals surface area contributed by atoms with Gasteiger partial charge in [-0.15, -0.1) is 6.42 Å². The normalized spacial score (nSPS) is 20.6. The Balaban J connectivity index is 1.79. The Kier molecular flexibility index (Phi) is 6.34. The molecule has 28 heavy (non-hydrogen) atoms. The zero-order valence-electron chi connectivity index (χ0n) is 17.0. The highest BCUT2D eigenvalue weighted by molar-refractivity contribution is 6.07. The SMILES string of the molecule is C#CCN(CCCN1C(=O)NC(C)(C)C1=O)CCCN1C(=O)NC(C)(C)C1=O. The molecule has 2 N–H and O–H groups in total. The van der Waals surface area contributed by atoms with Gasteiger partial charge in [0, 0.05) is 26.2 Å². The summed E-state index contributed by atoms with van der Waals surface area (Å²) in [6, 6.07) is -0.751. The van der Waals surface area contributed by atoms with E-state index in [9.17, 15) is 19.2 Å². The van der Waals surface area contributed by atoms with Crippen molar-refractivity contribution < 1.29 is 19.2 Å². The van der Waals surface area contributed by atoms with Crippen LogP contribution in [-0.4, -0.2) is 82.4 Å². The lowest BCUT2D eigenvalue weighted by Crippen LogP contribution is -2.41. The van der Waals surface area contributed by atoms with Crippen LogP contribution in [0, 0.1) is 12.3 Å². The molecule has 2 aliphatic heterocycles. The lowest BCUT2D eigenvalue weighted by Gasteiger charge is -2.22. The molecule has 0 spiro atoms. The molecule has 154 valence electrons. The van der Waals surface area contributed by atoms with Crippen molar-refractivity contribution >= 4 is 23.9 Å². The summed E-state index contributed by atoms with van der Waals surface area (Å²) in [5.74, 6) is 2.12. The van der Waals surface area contributed by atoms with E-state index < -0.39 is 11.1 Å². The minimum absolute atomic E-state index is 0.234. The number of imide groups is 2. The average Bonchev–Trinajstić information content (AvgIpc) is 2.90. The molecule has 0 aromatic carbocycles. The van der Waals surface area contributed by atoms with Crippen molar-refractivity contribution in [3.63, 3.8) is 0 Å². The van der Waals surface area contributed by atoms with Gasteiger partial charge in [-0.1, -0.05) is 5.92 Å². The van der Waals surface area contributed by atoms with Gasteiger partial charge in [0.2, 0.25) is 0 Å². The van der Waals surface area contributed by atoms with Crippen LogP contribution in [0.1, 0.15) is 40.5 Å². The summed E-state index contributed by atoms with van der Waals surface area (Å²) in [5.41, 5.74) is -1.74. The molecule has 0 radical (unpaired) electrons. The van der Waals surface area contributed by atoms with Crippen molar-refractivity contribution in [3.05, 3.63) is 0 Å². The Bertz CT molecular complexity index is 658. The molecule has 9 nitrogen and oxygen atoms in total. The second-order valence-corrected chi connectivity index (χ2v) is 8.21. The van der Waals surface area contributed by atoms with Crippen LogP contribution in [0.15, 0.2) is 0 Å². The summed E-state index contributed by atoms with van der Waals surface area (Å²) in [5, 5.41) is 5.31. The molecule has 0 aromatic rings. The Hall–Kier alpha value is -2.60. The molecule has 2 rings (SSSR count). The number of terminal acetylenes is 1. The summed E-state index contributed by atoms with van der Waals surface area (Å²) >= 11 is 0. The number of carbonyl (C=O) groups is 4. The second kappa shape index (κ2) is 8.19. The fourth-order valence-corrected chi connectivity index (χ4v) is 3.35. The molecule has 2 fully saturated rings. The predicted octanol–water partition coefficient (Wildman–Crippen LogP) is 0.363. The molecule has 9 heteroatoms. The average molecular weight is 391 g/mol. The van der Waals surface area contributed by atoms with Crippen LogP contribution < -0.4 is 10.6 Å². The van der Waals surface area contributed by atoms with Crippen molar-refractivity contribution in [1.82, 2.24) is 25.3 Å². The summed E-state index contributed by atoms with van der Waals surface area (Å²) in [4.78, 5) is 52.7. The van der Waals surface area contributed by atoms with E-state index in [0.717, 1.165) is 0 Å². The topological polar surface area (TPSA) is 102 Å². The number of nitrogens with zero attached hydrogens (tertiary/aromatic N) is 3. The van der Waals surface area contributed by atoms with Gasteiger partial charge in [0.15, 0.2) is 0 Å². The maximum atomic E-state index is 12.2. The van der Waals surface area contributed by atoms with Crippen LogP contribution >= 0.6 is 0 Å². The van der Waals surface area contributed by atoms with Crippen molar-refractivity contribution in [1.29, 1.82) is 0 Å². The number of rotatable bonds is 9. The largest absolute Gasteiger partial charge is 0.325 e. The lowest BCUT2D eigenvalue weighted by atomic mass is 10.1. The molecule has 6 amide bonds. The number of urea groups is 2. The predicted molar refractivity (Wildman–Crippen MR) is 103 cm³/mol. The highest BCUT2D eigenvalue weighted by Crippen LogP contribution is 2.18. The lowest BCUT2D eigenvalue weighted by molar-refractivity contribution is -0.130. The number of hydrogen-bond donors (Lipinski definition) is 2. The van der Waals surface area contributed by atoms with Crippen LogP contribution in [0.5, 0.6) is 0 Å². The van der Waals surface area contributed by atoms with Crippen molar-refractivity contribution in [2.75, 3.05) is 32.7 Å². The fraction of sp³-hybridized carbons (Fsp3) is 0.684. The molecule has 2 saturated heterocycles. The molecule has 0 atom stereocenters. The third kappa shape index (κ3) is 4.62. The number of nitrogens with one attached hydrogen (secondary N) is 2. The van der Waals surface area contributed by atoms with Gasteiger partial charge in [-0.2, -0.15) is 0 Å². The first-order valence-electron chi connectivity index (χ1n) is 9.43. The van der Waals surface area contributed by atoms with Crippen LogP contribution in [0.2, 0.25) is 0 Å². The molecule has 0 aliphatic carbocycles. The first-order chi connectivity index (χ1) is 13.0. The molecule has 2 heterocycles. The van der Waals surface area contributed by atoms with Gasteiger partial charge in [0.1, 0.15) is 11.1 Å². The van der Waals surface area contributed by atoms with Crippen molar-refractivity contribution in [3.8, 4) is 12.3 Å². The molecular weight excluding hydrogens is 362 g/mol. The van der Waals surface area contributed by atoms with Gasteiger partial charge >= 0.3 is 12.1 Å². The molecule has 0 saturated carbocycles. The Morgan fingerprint density at radius 2 is 1.25 bits per heavy atom. The Morgan fingerprint density at radius 3 is 1.54 bits per heavy atom. The minimum Gasteiger partial charge on any atom is -0.324 e. The third-order valence-corrected chi connectivity index (χ3v) is 4.92. The summed E-state index contributed by atoms with van der Waals surface area (Å²) in [7, 11) is 0. The van der Waals surface area contributed by atoms with E-state index in [1.54, 1.807) is 27.7 Å². The van der Waals surface area contributed by atoms with Crippen LogP contribution in [0.3, 0.4) is 0 Å². The molecule has 0 unspecified atom stereocenters. The van der Waals surface area contributed by atoms with Crippen LogP contribution in [0.25, 0.3) is 0 Å². The van der Waals surface area contributed by atoms with Gasteiger partial charge in [-0.05, 0) is 40.5 Å². The van der Waals surface area contributed by atoms with Gasteiger partial charge in [0.05, 0.1) is 6.54 Å². The standard InChI is InChI=1S/C19H29N5O4/c1-6-9-22(10-7-12-23-14(25)18(2,3)20-16(23)27)11-8-13-24-15(26)19(4,5)21-17(24)28/h1H,7-13H2,2-5H3,(H,20,27)(H,21,28). The van der Waals surface area contributed by atoms with Gasteiger partial charge in [0.25, 0.3) is 11.8 Å². The van der Waals surface area contributed by atoms with Gasteiger partial charge < -0.3 is 10.6 Å². The highest BCUT2D eigenvalue weighted by Gasteiger charge is 2.44. The molecule has 0 aromatic heterocycles. The van der Waals surface area contributed by atoms with Crippen LogP contribution in [0.4, 0.5) is 9.59 Å². The zero-order chi connectivity index (χ0) is 21.1. The van der Waals surface area contributed by atoms with E-state index in [-0.39, 0.29) is 23.9 Å². The summed E-state index contributed by atoms with van der Waals surface area (Å²) in [6.45, 7) is 8.96. The number of amides is 6. The Labute approximate surface area is 165 Å². The van der Waals surface area contributed by atoms with Gasteiger partial charge in [-0.25, -0.2) is 9.59 Å². The summed E-state index contributed by atoms with van der Waals surface area (Å²) in [6.07, 6.45) is 6.61. The minimum atomic E-state index is -0.869. The van der Waals surface area contributed by atoms with Gasteiger partial charge in [-0.3, -0.25) is 24.3 Å². The number of hydrogen-bond acceptors (Lipinski definition) is 5. The summed E-state index contributed by atoms with van der Waals surface area (Å²) < 4.78 is 0. The second-order valence-electron chi connectivity index (χ2n) is 8.21. The first kappa shape index (κ1) is 21.7. The van der Waals surface area contributed by atoms with E-state index in [2.05, 4.69) is 16.6 Å². The van der Waals surface area contributed by atoms with E-state index in [0.29, 0.717) is 45.6 Å². The van der Waals surface area contributed by atoms with E-state index in [1.165, 1.54) is 9.80 Å². The zero-order valence-corrected chi connectivity index (χ0v) is 17.0. The Morgan fingerprint density at radius 1 is 0.857 bits per heavy atom. The third-order valence-electron chi connectivity index (χ3n) is 4.92. The number of carbonyl (C=O) groups excluding carboxylic acids is 4. The smallest absolute Gasteiger partial charge is 0.324 e. The highest BCUT2D eigenvalue weighted by atomic mass is 16.2. The van der Waals surface area contributed by atoms with Crippen molar-refractivity contribution in [2.24, 2.45) is 0 Å². The van der Waals surface area contributed by atoms with E-state index in [4.69, 9.17) is 6.42 Å². The quantitative estimate of drug-likeness (QED) is 0.437. The molecular formula is C19H29N5O4. The monoisotopic (exact) mass is 391 g/mol. The maximum absolute atomic E-state index is 12.2. The van der Waals surface area contributed by atoms with Crippen LogP contribution in [-0.2, 0) is 9.59 Å². The molecule has 2 aliphatic rings. The maximum Gasteiger partial charge on any atom is 0.325 e. The molecule has 0 bridgehead atoms. The first-order valence-corrected chi connectivity index (χ1v) is 9.43. The van der Waals surface area contributed by atoms with Crippen molar-refractivity contribution in [2.45, 2.75) is 51.6 Å².